The van der Waals surface area contributed by atoms with Gasteiger partial charge in [-0.25, -0.2) is 0 Å². The molecule has 0 atom stereocenters. The Hall–Kier alpha value is -1.32. The minimum Gasteiger partial charge on any atom is -0.342 e. The average molecular weight is 179 g/mol. The normalized spacial score (nSPS) is 16.5. The number of aromatic nitrogens is 2. The summed E-state index contributed by atoms with van der Waals surface area (Å²) >= 11 is 0. The molecule has 1 aromatic rings. The number of likely N-dealkylation sites (tertiary alicyclic amines) is 1. The van der Waals surface area contributed by atoms with Gasteiger partial charge in [0.2, 0.25) is 5.91 Å². The van der Waals surface area contributed by atoms with Crippen molar-refractivity contribution in [2.45, 2.75) is 19.3 Å². The number of hydrogen-bond acceptors (Lipinski definition) is 2. The van der Waals surface area contributed by atoms with E-state index in [2.05, 4.69) is 10.2 Å². The maximum atomic E-state index is 11.6. The molecular formula is C9H13N3O. The number of H-pyrrole nitrogens is 1. The maximum absolute atomic E-state index is 11.6. The second-order valence-corrected chi connectivity index (χ2v) is 3.35. The number of carbonyl (C=O) groups excluding carboxylic acids is 1. The molecule has 1 amide bonds. The summed E-state index contributed by atoms with van der Waals surface area (Å²) in [5, 5.41) is 6.60. The topological polar surface area (TPSA) is 49.0 Å². The fraction of sp³-hybridized carbons (Fsp3) is 0.556. The number of amides is 1. The van der Waals surface area contributed by atoms with Crippen LogP contribution in [0.25, 0.3) is 0 Å². The molecule has 0 aromatic carbocycles. The zero-order valence-corrected chi connectivity index (χ0v) is 7.49. The Morgan fingerprint density at radius 3 is 2.92 bits per heavy atom. The molecule has 13 heavy (non-hydrogen) atoms. The van der Waals surface area contributed by atoms with E-state index in [-0.39, 0.29) is 5.91 Å². The van der Waals surface area contributed by atoms with Crippen molar-refractivity contribution in [3.05, 3.63) is 18.0 Å². The molecule has 2 rings (SSSR count). The van der Waals surface area contributed by atoms with Crippen LogP contribution in [-0.4, -0.2) is 34.1 Å². The predicted molar refractivity (Wildman–Crippen MR) is 48.1 cm³/mol. The van der Waals surface area contributed by atoms with Crippen molar-refractivity contribution >= 4 is 5.91 Å². The van der Waals surface area contributed by atoms with E-state index in [1.165, 1.54) is 0 Å². The minimum atomic E-state index is 0.210. The van der Waals surface area contributed by atoms with Crippen molar-refractivity contribution < 1.29 is 4.79 Å². The van der Waals surface area contributed by atoms with Gasteiger partial charge >= 0.3 is 0 Å². The fourth-order valence-corrected chi connectivity index (χ4v) is 1.62. The Labute approximate surface area is 76.9 Å². The molecule has 1 aliphatic rings. The van der Waals surface area contributed by atoms with E-state index in [0.717, 1.165) is 31.6 Å². The molecular weight excluding hydrogens is 166 g/mol. The first-order chi connectivity index (χ1) is 6.36. The quantitative estimate of drug-likeness (QED) is 0.721. The summed E-state index contributed by atoms with van der Waals surface area (Å²) in [6.45, 7) is 1.85. The van der Waals surface area contributed by atoms with E-state index in [1.807, 2.05) is 11.0 Å². The molecule has 0 saturated carbocycles. The van der Waals surface area contributed by atoms with E-state index >= 15 is 0 Å². The summed E-state index contributed by atoms with van der Waals surface area (Å²) in [5.74, 6) is 0.210. The predicted octanol–water partition coefficient (Wildman–Crippen LogP) is 0.575. The van der Waals surface area contributed by atoms with Gasteiger partial charge in [0.15, 0.2) is 0 Å². The minimum absolute atomic E-state index is 0.210. The van der Waals surface area contributed by atoms with Gasteiger partial charge < -0.3 is 4.90 Å². The van der Waals surface area contributed by atoms with Crippen LogP contribution >= 0.6 is 0 Å². The first-order valence-corrected chi connectivity index (χ1v) is 4.62. The molecule has 1 N–H and O–H groups in total. The van der Waals surface area contributed by atoms with E-state index in [4.69, 9.17) is 0 Å². The second-order valence-electron chi connectivity index (χ2n) is 3.35. The number of nitrogens with zero attached hydrogens (tertiary/aromatic N) is 2. The number of nitrogens with one attached hydrogen (secondary N) is 1. The Morgan fingerprint density at radius 2 is 2.31 bits per heavy atom. The highest BCUT2D eigenvalue weighted by Gasteiger charge is 2.17. The lowest BCUT2D eigenvalue weighted by atomic mass is 10.3. The zero-order valence-electron chi connectivity index (χ0n) is 7.49. The molecule has 0 aliphatic carbocycles. The van der Waals surface area contributed by atoms with Crippen LogP contribution in [0, 0.1) is 0 Å². The summed E-state index contributed by atoms with van der Waals surface area (Å²) in [7, 11) is 0. The Bertz CT molecular complexity index is 275. The second kappa shape index (κ2) is 3.60. The molecule has 1 fully saturated rings. The highest BCUT2D eigenvalue weighted by atomic mass is 16.2. The standard InChI is InChI=1S/C9H13N3O/c13-9(12-5-1-2-6-12)7-8-3-4-10-11-8/h3-4H,1-2,5-7H2,(H,10,11). The average Bonchev–Trinajstić information content (AvgIpc) is 2.74. The molecule has 70 valence electrons. The Morgan fingerprint density at radius 1 is 1.54 bits per heavy atom. The van der Waals surface area contributed by atoms with Gasteiger partial charge in [0, 0.05) is 25.0 Å². The SMILES string of the molecule is O=C(Cc1ccn[nH]1)N1CCCC1. The van der Waals surface area contributed by atoms with Crippen LogP contribution in [0.15, 0.2) is 12.3 Å². The van der Waals surface area contributed by atoms with Gasteiger partial charge in [-0.3, -0.25) is 9.89 Å². The van der Waals surface area contributed by atoms with Crippen LogP contribution in [0.4, 0.5) is 0 Å². The molecule has 0 spiro atoms. The lowest BCUT2D eigenvalue weighted by Gasteiger charge is -2.13. The summed E-state index contributed by atoms with van der Waals surface area (Å²) in [6.07, 6.45) is 4.43. The van der Waals surface area contributed by atoms with Crippen molar-refractivity contribution in [1.29, 1.82) is 0 Å². The van der Waals surface area contributed by atoms with Gasteiger partial charge in [-0.1, -0.05) is 0 Å². The Balaban J connectivity index is 1.91. The van der Waals surface area contributed by atoms with Crippen LogP contribution in [0.3, 0.4) is 0 Å². The third-order valence-electron chi connectivity index (χ3n) is 2.36. The van der Waals surface area contributed by atoms with Crippen molar-refractivity contribution in [2.24, 2.45) is 0 Å². The molecule has 0 bridgehead atoms. The molecule has 1 aromatic heterocycles. The zero-order chi connectivity index (χ0) is 9.10. The van der Waals surface area contributed by atoms with Gasteiger partial charge in [-0.05, 0) is 18.9 Å². The third-order valence-corrected chi connectivity index (χ3v) is 2.36. The number of carbonyl (C=O) groups is 1. The number of rotatable bonds is 2. The van der Waals surface area contributed by atoms with Crippen LogP contribution in [0.5, 0.6) is 0 Å². The monoisotopic (exact) mass is 179 g/mol. The third kappa shape index (κ3) is 1.88. The van der Waals surface area contributed by atoms with Crippen molar-refractivity contribution in [2.75, 3.05) is 13.1 Å². The summed E-state index contributed by atoms with van der Waals surface area (Å²) in [6, 6.07) is 1.84. The van der Waals surface area contributed by atoms with Crippen LogP contribution < -0.4 is 0 Å². The first kappa shape index (κ1) is 8.29. The molecule has 0 radical (unpaired) electrons. The van der Waals surface area contributed by atoms with Crippen molar-refractivity contribution in [3.8, 4) is 0 Å². The highest BCUT2D eigenvalue weighted by molar-refractivity contribution is 5.78. The first-order valence-electron chi connectivity index (χ1n) is 4.62. The van der Waals surface area contributed by atoms with Gasteiger partial charge in [0.05, 0.1) is 6.42 Å². The molecule has 1 saturated heterocycles. The van der Waals surface area contributed by atoms with Crippen molar-refractivity contribution in [1.82, 2.24) is 15.1 Å². The summed E-state index contributed by atoms with van der Waals surface area (Å²) < 4.78 is 0. The maximum Gasteiger partial charge on any atom is 0.228 e. The molecule has 1 aliphatic heterocycles. The largest absolute Gasteiger partial charge is 0.342 e. The lowest BCUT2D eigenvalue weighted by Crippen LogP contribution is -2.29. The molecule has 0 unspecified atom stereocenters. The van der Waals surface area contributed by atoms with Crippen LogP contribution in [0.2, 0.25) is 0 Å². The highest BCUT2D eigenvalue weighted by Crippen LogP contribution is 2.09. The Kier molecular flexibility index (Phi) is 2.29. The smallest absolute Gasteiger partial charge is 0.228 e. The van der Waals surface area contributed by atoms with E-state index in [1.54, 1.807) is 6.20 Å². The van der Waals surface area contributed by atoms with E-state index < -0.39 is 0 Å². The number of aromatic amines is 1. The molecule has 4 heteroatoms. The van der Waals surface area contributed by atoms with Crippen LogP contribution in [-0.2, 0) is 11.2 Å². The van der Waals surface area contributed by atoms with Gasteiger partial charge in [-0.15, -0.1) is 0 Å². The molecule has 4 nitrogen and oxygen atoms in total. The number of hydrogen-bond donors (Lipinski definition) is 1. The van der Waals surface area contributed by atoms with Crippen LogP contribution in [0.1, 0.15) is 18.5 Å². The fourth-order valence-electron chi connectivity index (χ4n) is 1.62. The van der Waals surface area contributed by atoms with Crippen molar-refractivity contribution in [3.63, 3.8) is 0 Å². The van der Waals surface area contributed by atoms with E-state index in [0.29, 0.717) is 6.42 Å². The summed E-state index contributed by atoms with van der Waals surface area (Å²) in [5.41, 5.74) is 0.900. The van der Waals surface area contributed by atoms with Gasteiger partial charge in [-0.2, -0.15) is 5.10 Å². The summed E-state index contributed by atoms with van der Waals surface area (Å²) in [4.78, 5) is 13.5. The van der Waals surface area contributed by atoms with E-state index in [9.17, 15) is 4.79 Å². The van der Waals surface area contributed by atoms with Gasteiger partial charge in [0.25, 0.3) is 0 Å². The lowest BCUT2D eigenvalue weighted by molar-refractivity contribution is -0.129. The molecule has 2 heterocycles. The van der Waals surface area contributed by atoms with Gasteiger partial charge in [0.1, 0.15) is 0 Å².